The number of hydrogen-bond donors (Lipinski definition) is 2. The number of aromatic nitrogens is 2. The van der Waals surface area contributed by atoms with Crippen LogP contribution in [-0.2, 0) is 7.05 Å². The molecule has 1 rings (SSSR count). The Morgan fingerprint density at radius 1 is 1.47 bits per heavy atom. The van der Waals surface area contributed by atoms with Crippen molar-refractivity contribution in [1.29, 1.82) is 0 Å². The van der Waals surface area contributed by atoms with Gasteiger partial charge in [0.25, 0.3) is 0 Å². The van der Waals surface area contributed by atoms with Crippen LogP contribution in [0.15, 0.2) is 0 Å². The van der Waals surface area contributed by atoms with E-state index in [0.29, 0.717) is 5.92 Å². The maximum Gasteiger partial charge on any atom is 0.147 e. The first-order chi connectivity index (χ1) is 7.78. The molecule has 0 aliphatic rings. The molecule has 0 aliphatic heterocycles. The molecule has 1 aromatic rings. The first kappa shape index (κ1) is 14.2. The molecular weight excluding hydrogens is 232 g/mol. The average molecular weight is 256 g/mol. The Hall–Kier alpha value is -0.840. The number of nitrogens with one attached hydrogen (secondary N) is 1. The fraction of sp³-hybridized carbons (Fsp3) is 0.750. The number of nitrogens with two attached hydrogens (primary N) is 1. The van der Waals surface area contributed by atoms with Crippen molar-refractivity contribution in [2.75, 3.05) is 23.9 Å². The van der Waals surface area contributed by atoms with Crippen LogP contribution in [0.2, 0.25) is 0 Å². The molecule has 0 aliphatic carbocycles. The molecule has 0 unspecified atom stereocenters. The molecule has 0 saturated carbocycles. The van der Waals surface area contributed by atoms with E-state index in [2.05, 4.69) is 44.4 Å². The number of nitrogens with zero attached hydrogens (tertiary/aromatic N) is 2. The van der Waals surface area contributed by atoms with Gasteiger partial charge in [0.1, 0.15) is 5.82 Å². The molecule has 4 nitrogen and oxygen atoms in total. The quantitative estimate of drug-likeness (QED) is 0.850. The lowest BCUT2D eigenvalue weighted by Gasteiger charge is -2.23. The van der Waals surface area contributed by atoms with Crippen molar-refractivity contribution in [3.63, 3.8) is 0 Å². The Balaban J connectivity index is 2.85. The van der Waals surface area contributed by atoms with E-state index in [1.54, 1.807) is 0 Å². The Bertz CT molecular complexity index is 382. The molecule has 3 N–H and O–H groups in total. The summed E-state index contributed by atoms with van der Waals surface area (Å²) in [6.45, 7) is 9.50. The van der Waals surface area contributed by atoms with Crippen molar-refractivity contribution < 1.29 is 0 Å². The maximum atomic E-state index is 6.12. The second-order valence-corrected chi connectivity index (χ2v) is 6.76. The zero-order valence-electron chi connectivity index (χ0n) is 11.7. The van der Waals surface area contributed by atoms with Crippen LogP contribution >= 0.6 is 11.8 Å². The summed E-state index contributed by atoms with van der Waals surface area (Å²) >= 11 is 1.84. The molecule has 0 fully saturated rings. The zero-order valence-corrected chi connectivity index (χ0v) is 12.5. The average Bonchev–Trinajstić information content (AvgIpc) is 2.52. The minimum absolute atomic E-state index is 0.189. The molecule has 5 heteroatoms. The lowest BCUT2D eigenvalue weighted by molar-refractivity contribution is 0.702. The van der Waals surface area contributed by atoms with Gasteiger partial charge in [-0.15, -0.1) is 0 Å². The largest absolute Gasteiger partial charge is 0.394 e. The molecule has 0 spiro atoms. The third kappa shape index (κ3) is 3.31. The molecule has 0 bridgehead atoms. The summed E-state index contributed by atoms with van der Waals surface area (Å²) in [5.74, 6) is 1.28. The number of nitrogen functional groups attached to an aromatic ring is 1. The second-order valence-electron chi connectivity index (χ2n) is 5.24. The molecule has 1 aromatic heterocycles. The first-order valence-corrected chi connectivity index (χ1v) is 7.12. The van der Waals surface area contributed by atoms with Gasteiger partial charge in [0.05, 0.1) is 11.4 Å². The van der Waals surface area contributed by atoms with Gasteiger partial charge in [0.2, 0.25) is 0 Å². The van der Waals surface area contributed by atoms with Gasteiger partial charge >= 0.3 is 0 Å². The van der Waals surface area contributed by atoms with Gasteiger partial charge in [-0.2, -0.15) is 16.9 Å². The van der Waals surface area contributed by atoms with E-state index >= 15 is 0 Å². The van der Waals surface area contributed by atoms with E-state index < -0.39 is 0 Å². The molecule has 0 atom stereocenters. The predicted molar refractivity (Wildman–Crippen MR) is 77.8 cm³/mol. The van der Waals surface area contributed by atoms with Crippen molar-refractivity contribution in [3.8, 4) is 0 Å². The SMILES string of the molecule is CSC(C)(C)CNc1c(N)c(C(C)C)nn1C. The van der Waals surface area contributed by atoms with Gasteiger partial charge in [-0.1, -0.05) is 13.8 Å². The topological polar surface area (TPSA) is 55.9 Å². The van der Waals surface area contributed by atoms with Gasteiger partial charge in [-0.3, -0.25) is 4.68 Å². The van der Waals surface area contributed by atoms with E-state index in [-0.39, 0.29) is 4.75 Å². The van der Waals surface area contributed by atoms with Crippen LogP contribution in [0.4, 0.5) is 11.5 Å². The highest BCUT2D eigenvalue weighted by Crippen LogP contribution is 2.29. The van der Waals surface area contributed by atoms with Gasteiger partial charge in [0, 0.05) is 18.3 Å². The number of hydrogen-bond acceptors (Lipinski definition) is 4. The van der Waals surface area contributed by atoms with Crippen LogP contribution in [0, 0.1) is 0 Å². The number of rotatable bonds is 5. The van der Waals surface area contributed by atoms with Crippen LogP contribution in [-0.4, -0.2) is 27.3 Å². The summed E-state index contributed by atoms with van der Waals surface area (Å²) in [7, 11) is 1.93. The predicted octanol–water partition coefficient (Wildman–Crippen LogP) is 2.68. The number of aryl methyl sites for hydroxylation is 1. The molecule has 0 saturated heterocycles. The van der Waals surface area contributed by atoms with Gasteiger partial charge in [-0.05, 0) is 26.0 Å². The first-order valence-electron chi connectivity index (χ1n) is 5.90. The molecule has 98 valence electrons. The molecule has 0 amide bonds. The molecule has 1 heterocycles. The van der Waals surface area contributed by atoms with Crippen LogP contribution in [0.1, 0.15) is 39.3 Å². The van der Waals surface area contributed by atoms with Crippen molar-refractivity contribution in [1.82, 2.24) is 9.78 Å². The molecule has 17 heavy (non-hydrogen) atoms. The third-order valence-electron chi connectivity index (χ3n) is 2.89. The van der Waals surface area contributed by atoms with E-state index in [9.17, 15) is 0 Å². The maximum absolute atomic E-state index is 6.12. The summed E-state index contributed by atoms with van der Waals surface area (Å²) in [4.78, 5) is 0. The highest BCUT2D eigenvalue weighted by molar-refractivity contribution is 7.99. The van der Waals surface area contributed by atoms with Crippen molar-refractivity contribution >= 4 is 23.3 Å². The minimum atomic E-state index is 0.189. The molecule has 0 aromatic carbocycles. The van der Waals surface area contributed by atoms with Crippen molar-refractivity contribution in [3.05, 3.63) is 5.69 Å². The van der Waals surface area contributed by atoms with Gasteiger partial charge in [-0.25, -0.2) is 0 Å². The summed E-state index contributed by atoms with van der Waals surface area (Å²) in [6, 6.07) is 0. The van der Waals surface area contributed by atoms with Gasteiger partial charge in [0.15, 0.2) is 0 Å². The van der Waals surface area contributed by atoms with Crippen LogP contribution in [0.5, 0.6) is 0 Å². The monoisotopic (exact) mass is 256 g/mol. The van der Waals surface area contributed by atoms with Crippen LogP contribution in [0.3, 0.4) is 0 Å². The Morgan fingerprint density at radius 3 is 2.47 bits per heavy atom. The van der Waals surface area contributed by atoms with Crippen molar-refractivity contribution in [2.45, 2.75) is 38.4 Å². The smallest absolute Gasteiger partial charge is 0.147 e. The van der Waals surface area contributed by atoms with Gasteiger partial charge < -0.3 is 11.1 Å². The summed E-state index contributed by atoms with van der Waals surface area (Å²) in [6.07, 6.45) is 2.12. The molecule has 0 radical (unpaired) electrons. The lowest BCUT2D eigenvalue weighted by atomic mass is 10.1. The fourth-order valence-electron chi connectivity index (χ4n) is 1.57. The Labute approximate surface area is 108 Å². The normalized spacial score (nSPS) is 12.2. The van der Waals surface area contributed by atoms with E-state index in [0.717, 1.165) is 23.7 Å². The summed E-state index contributed by atoms with van der Waals surface area (Å²) in [5, 5.41) is 7.86. The zero-order chi connectivity index (χ0) is 13.2. The number of thioether (sulfide) groups is 1. The Morgan fingerprint density at radius 2 is 2.06 bits per heavy atom. The summed E-state index contributed by atoms with van der Waals surface area (Å²) < 4.78 is 2.02. The minimum Gasteiger partial charge on any atom is -0.394 e. The lowest BCUT2D eigenvalue weighted by Crippen LogP contribution is -2.27. The van der Waals surface area contributed by atoms with E-state index in [1.165, 1.54) is 0 Å². The summed E-state index contributed by atoms with van der Waals surface area (Å²) in [5.41, 5.74) is 7.87. The highest BCUT2D eigenvalue weighted by Gasteiger charge is 2.20. The number of anilines is 2. The molecular formula is C12H24N4S. The van der Waals surface area contributed by atoms with E-state index in [4.69, 9.17) is 5.73 Å². The van der Waals surface area contributed by atoms with Crippen LogP contribution < -0.4 is 11.1 Å². The van der Waals surface area contributed by atoms with E-state index in [1.807, 2.05) is 23.5 Å². The second kappa shape index (κ2) is 5.21. The fourth-order valence-corrected chi connectivity index (χ4v) is 1.78. The standard InChI is InChI=1S/C12H24N4S/c1-8(2)10-9(13)11(16(5)15-10)14-7-12(3,4)17-6/h8,14H,7,13H2,1-6H3. The third-order valence-corrected chi connectivity index (χ3v) is 4.14. The van der Waals surface area contributed by atoms with Crippen LogP contribution in [0.25, 0.3) is 0 Å². The van der Waals surface area contributed by atoms with Crippen molar-refractivity contribution in [2.24, 2.45) is 7.05 Å². The highest BCUT2D eigenvalue weighted by atomic mass is 32.2. The Kier molecular flexibility index (Phi) is 4.36.